The molecule has 3 aromatic rings. The molecule has 100 valence electrons. The highest BCUT2D eigenvalue weighted by Crippen LogP contribution is 2.14. The number of benzene rings is 1. The van der Waals surface area contributed by atoms with Gasteiger partial charge in [0.15, 0.2) is 4.96 Å². The van der Waals surface area contributed by atoms with Crippen LogP contribution >= 0.6 is 11.3 Å². The first-order chi connectivity index (χ1) is 9.74. The van der Waals surface area contributed by atoms with E-state index >= 15 is 0 Å². The van der Waals surface area contributed by atoms with Gasteiger partial charge >= 0.3 is 0 Å². The summed E-state index contributed by atoms with van der Waals surface area (Å²) in [6, 6.07) is 9.90. The average Bonchev–Trinajstić information content (AvgIpc) is 2.99. The maximum atomic E-state index is 8.91. The van der Waals surface area contributed by atoms with Crippen molar-refractivity contribution in [3.05, 3.63) is 58.9 Å². The van der Waals surface area contributed by atoms with Crippen molar-refractivity contribution in [3.63, 3.8) is 0 Å². The van der Waals surface area contributed by atoms with Crippen LogP contribution in [0.25, 0.3) is 4.96 Å². The maximum Gasteiger partial charge on any atom is 0.193 e. The molecule has 4 nitrogen and oxygen atoms in total. The summed E-state index contributed by atoms with van der Waals surface area (Å²) in [5.74, 6) is 0. The number of nitriles is 1. The van der Waals surface area contributed by atoms with Crippen molar-refractivity contribution < 1.29 is 0 Å². The minimum atomic E-state index is 0.707. The van der Waals surface area contributed by atoms with Crippen molar-refractivity contribution in [3.8, 4) is 6.07 Å². The lowest BCUT2D eigenvalue weighted by atomic mass is 10.1. The first-order valence-electron chi connectivity index (χ1n) is 6.33. The van der Waals surface area contributed by atoms with Crippen molar-refractivity contribution >= 4 is 16.3 Å². The summed E-state index contributed by atoms with van der Waals surface area (Å²) in [5.41, 5.74) is 2.92. The Balaban J connectivity index is 1.68. The highest BCUT2D eigenvalue weighted by molar-refractivity contribution is 7.15. The van der Waals surface area contributed by atoms with Crippen molar-refractivity contribution in [2.24, 2.45) is 0 Å². The molecule has 0 aliphatic heterocycles. The molecule has 2 heterocycles. The largest absolute Gasteiger partial charge is 0.297 e. The fraction of sp³-hybridized carbons (Fsp3) is 0.200. The first kappa shape index (κ1) is 12.9. The summed E-state index contributed by atoms with van der Waals surface area (Å²) in [6.45, 7) is 1.60. The van der Waals surface area contributed by atoms with Crippen LogP contribution < -0.4 is 0 Å². The zero-order valence-electron chi connectivity index (χ0n) is 11.2. The van der Waals surface area contributed by atoms with Gasteiger partial charge in [0, 0.05) is 30.9 Å². The Labute approximate surface area is 121 Å². The highest BCUT2D eigenvalue weighted by Gasteiger charge is 2.07. The van der Waals surface area contributed by atoms with E-state index in [0.717, 1.165) is 29.3 Å². The highest BCUT2D eigenvalue weighted by atomic mass is 32.1. The van der Waals surface area contributed by atoms with Crippen molar-refractivity contribution in [2.75, 3.05) is 7.05 Å². The summed E-state index contributed by atoms with van der Waals surface area (Å²) in [5, 5.41) is 10.9. The molecular formula is C15H14N4S. The molecule has 0 saturated heterocycles. The SMILES string of the molecule is CN(Cc1cccc(C#N)c1)Cc1cn2ccsc2n1. The Morgan fingerprint density at radius 1 is 1.40 bits per heavy atom. The number of imidazole rings is 1. The third-order valence-corrected chi connectivity index (χ3v) is 3.85. The molecular weight excluding hydrogens is 268 g/mol. The number of nitrogens with zero attached hydrogens (tertiary/aromatic N) is 4. The van der Waals surface area contributed by atoms with Gasteiger partial charge in [-0.1, -0.05) is 12.1 Å². The number of rotatable bonds is 4. The predicted octanol–water partition coefficient (Wildman–Crippen LogP) is 2.90. The lowest BCUT2D eigenvalue weighted by Crippen LogP contribution is -2.17. The van der Waals surface area contributed by atoms with Gasteiger partial charge in [0.2, 0.25) is 0 Å². The molecule has 0 atom stereocenters. The van der Waals surface area contributed by atoms with Gasteiger partial charge in [-0.05, 0) is 24.7 Å². The number of thiazole rings is 1. The van der Waals surface area contributed by atoms with E-state index in [0.29, 0.717) is 5.56 Å². The molecule has 0 radical (unpaired) electrons. The molecule has 0 amide bonds. The molecule has 0 aliphatic carbocycles. The second kappa shape index (κ2) is 5.45. The number of hydrogen-bond acceptors (Lipinski definition) is 4. The van der Waals surface area contributed by atoms with E-state index in [1.165, 1.54) is 0 Å². The van der Waals surface area contributed by atoms with Gasteiger partial charge in [-0.3, -0.25) is 9.30 Å². The molecule has 2 aromatic heterocycles. The van der Waals surface area contributed by atoms with Gasteiger partial charge < -0.3 is 0 Å². The van der Waals surface area contributed by atoms with Crippen LogP contribution in [0.2, 0.25) is 0 Å². The Morgan fingerprint density at radius 2 is 2.30 bits per heavy atom. The van der Waals surface area contributed by atoms with E-state index in [1.54, 1.807) is 11.3 Å². The fourth-order valence-corrected chi connectivity index (χ4v) is 2.95. The van der Waals surface area contributed by atoms with Gasteiger partial charge in [0.1, 0.15) is 0 Å². The minimum Gasteiger partial charge on any atom is -0.297 e. The van der Waals surface area contributed by atoms with Crippen molar-refractivity contribution in [1.82, 2.24) is 14.3 Å². The van der Waals surface area contributed by atoms with E-state index in [4.69, 9.17) is 5.26 Å². The third kappa shape index (κ3) is 2.72. The van der Waals surface area contributed by atoms with Gasteiger partial charge in [-0.25, -0.2) is 4.98 Å². The standard InChI is InChI=1S/C15H14N4S/c1-18(9-13-4-2-3-12(7-13)8-16)10-14-11-19-5-6-20-15(19)17-14/h2-7,11H,9-10H2,1H3. The van der Waals surface area contributed by atoms with Crippen LogP contribution in [0.5, 0.6) is 0 Å². The van der Waals surface area contributed by atoms with E-state index < -0.39 is 0 Å². The van der Waals surface area contributed by atoms with Crippen LogP contribution in [0.1, 0.15) is 16.8 Å². The molecule has 3 rings (SSSR count). The van der Waals surface area contributed by atoms with E-state index in [-0.39, 0.29) is 0 Å². The van der Waals surface area contributed by atoms with Crippen LogP contribution in [-0.4, -0.2) is 21.3 Å². The van der Waals surface area contributed by atoms with Crippen LogP contribution in [0, 0.1) is 11.3 Å². The zero-order chi connectivity index (χ0) is 13.9. The maximum absolute atomic E-state index is 8.91. The molecule has 0 bridgehead atoms. The zero-order valence-corrected chi connectivity index (χ0v) is 12.0. The Bertz CT molecular complexity index is 737. The number of hydrogen-bond donors (Lipinski definition) is 0. The van der Waals surface area contributed by atoms with E-state index in [1.807, 2.05) is 40.2 Å². The predicted molar refractivity (Wildman–Crippen MR) is 79.4 cm³/mol. The van der Waals surface area contributed by atoms with Crippen molar-refractivity contribution in [2.45, 2.75) is 13.1 Å². The first-order valence-corrected chi connectivity index (χ1v) is 7.21. The second-order valence-corrected chi connectivity index (χ2v) is 5.68. The number of aromatic nitrogens is 2. The monoisotopic (exact) mass is 282 g/mol. The van der Waals surface area contributed by atoms with Crippen LogP contribution in [0.15, 0.2) is 42.0 Å². The molecule has 0 fully saturated rings. The van der Waals surface area contributed by atoms with Crippen molar-refractivity contribution in [1.29, 1.82) is 5.26 Å². The molecule has 0 saturated carbocycles. The molecule has 5 heteroatoms. The summed E-state index contributed by atoms with van der Waals surface area (Å²) < 4.78 is 2.05. The third-order valence-electron chi connectivity index (χ3n) is 3.08. The lowest BCUT2D eigenvalue weighted by molar-refractivity contribution is 0.315. The van der Waals surface area contributed by atoms with E-state index in [2.05, 4.69) is 29.2 Å². The lowest BCUT2D eigenvalue weighted by Gasteiger charge is -2.15. The Hall–Kier alpha value is -2.16. The summed E-state index contributed by atoms with van der Waals surface area (Å²) in [6.07, 6.45) is 4.08. The minimum absolute atomic E-state index is 0.707. The van der Waals surface area contributed by atoms with Crippen LogP contribution in [-0.2, 0) is 13.1 Å². The smallest absolute Gasteiger partial charge is 0.193 e. The Morgan fingerprint density at radius 3 is 3.10 bits per heavy atom. The fourth-order valence-electron chi connectivity index (χ4n) is 2.24. The van der Waals surface area contributed by atoms with Crippen LogP contribution in [0.3, 0.4) is 0 Å². The molecule has 1 aromatic carbocycles. The molecule has 0 spiro atoms. The quantitative estimate of drug-likeness (QED) is 0.739. The average molecular weight is 282 g/mol. The molecule has 0 N–H and O–H groups in total. The Kier molecular flexibility index (Phi) is 3.50. The molecule has 20 heavy (non-hydrogen) atoms. The number of fused-ring (bicyclic) bond motifs is 1. The topological polar surface area (TPSA) is 44.3 Å². The summed E-state index contributed by atoms with van der Waals surface area (Å²) >= 11 is 1.64. The van der Waals surface area contributed by atoms with Gasteiger partial charge in [-0.15, -0.1) is 11.3 Å². The van der Waals surface area contributed by atoms with Gasteiger partial charge in [-0.2, -0.15) is 5.26 Å². The second-order valence-electron chi connectivity index (χ2n) is 4.81. The molecule has 0 aliphatic rings. The summed E-state index contributed by atoms with van der Waals surface area (Å²) in [7, 11) is 2.06. The summed E-state index contributed by atoms with van der Waals surface area (Å²) in [4.78, 5) is 7.80. The normalized spacial score (nSPS) is 11.1. The van der Waals surface area contributed by atoms with Gasteiger partial charge in [0.05, 0.1) is 17.3 Å². The molecule has 0 unspecified atom stereocenters. The van der Waals surface area contributed by atoms with E-state index in [9.17, 15) is 0 Å². The van der Waals surface area contributed by atoms with Gasteiger partial charge in [0.25, 0.3) is 0 Å². The van der Waals surface area contributed by atoms with Crippen LogP contribution in [0.4, 0.5) is 0 Å².